The molecule has 0 aliphatic carbocycles. The summed E-state index contributed by atoms with van der Waals surface area (Å²) in [5, 5.41) is 2.71. The van der Waals surface area contributed by atoms with Crippen molar-refractivity contribution in [1.82, 2.24) is 0 Å². The molecule has 2 aromatic carbocycles. The summed E-state index contributed by atoms with van der Waals surface area (Å²) >= 11 is 2.15. The molecule has 120 valence electrons. The Morgan fingerprint density at radius 2 is 1.65 bits per heavy atom. The van der Waals surface area contributed by atoms with Gasteiger partial charge in [0.1, 0.15) is 0 Å². The molecule has 1 amide bonds. The largest absolute Gasteiger partial charge is 0.452 e. The van der Waals surface area contributed by atoms with Gasteiger partial charge in [0.05, 0.1) is 5.56 Å². The third kappa shape index (κ3) is 5.35. The fourth-order valence-electron chi connectivity index (χ4n) is 1.95. The number of anilines is 1. The van der Waals surface area contributed by atoms with E-state index < -0.39 is 5.97 Å². The number of benzene rings is 2. The predicted octanol–water partition coefficient (Wildman–Crippen LogP) is 4.21. The zero-order valence-electron chi connectivity index (χ0n) is 13.0. The van der Waals surface area contributed by atoms with Crippen LogP contribution in [0.1, 0.15) is 35.7 Å². The summed E-state index contributed by atoms with van der Waals surface area (Å²) in [7, 11) is 0. The van der Waals surface area contributed by atoms with Crippen molar-refractivity contribution >= 4 is 40.2 Å². The minimum absolute atomic E-state index is 0.309. The molecule has 0 bridgehead atoms. The molecule has 0 saturated heterocycles. The normalized spacial score (nSPS) is 10.4. The molecule has 0 aliphatic heterocycles. The first-order valence-corrected chi connectivity index (χ1v) is 8.36. The standard InChI is InChI=1S/C18H18INO3/c1-12(2)13-5-9-16(10-6-13)20-17(21)11-23-18(22)14-3-7-15(19)8-4-14/h3-10,12H,11H2,1-2H3,(H,20,21). The average molecular weight is 423 g/mol. The Labute approximate surface area is 149 Å². The number of amides is 1. The molecular formula is C18H18INO3. The molecule has 23 heavy (non-hydrogen) atoms. The van der Waals surface area contributed by atoms with Gasteiger partial charge in [-0.15, -0.1) is 0 Å². The molecule has 1 N–H and O–H groups in total. The Hall–Kier alpha value is -1.89. The predicted molar refractivity (Wildman–Crippen MR) is 98.6 cm³/mol. The van der Waals surface area contributed by atoms with E-state index in [2.05, 4.69) is 41.8 Å². The lowest BCUT2D eigenvalue weighted by atomic mass is 10.0. The summed E-state index contributed by atoms with van der Waals surface area (Å²) in [6.45, 7) is 3.91. The number of rotatable bonds is 5. The second kappa shape index (κ2) is 8.10. The van der Waals surface area contributed by atoms with Crippen molar-refractivity contribution in [2.24, 2.45) is 0 Å². The lowest BCUT2D eigenvalue weighted by Gasteiger charge is -2.09. The number of hydrogen-bond donors (Lipinski definition) is 1. The highest BCUT2D eigenvalue weighted by Gasteiger charge is 2.10. The van der Waals surface area contributed by atoms with Crippen LogP contribution >= 0.6 is 22.6 Å². The number of ether oxygens (including phenoxy) is 1. The minimum atomic E-state index is -0.508. The number of hydrogen-bond acceptors (Lipinski definition) is 3. The summed E-state index contributed by atoms with van der Waals surface area (Å²) in [6, 6.07) is 14.6. The van der Waals surface area contributed by atoms with Crippen molar-refractivity contribution in [1.29, 1.82) is 0 Å². The van der Waals surface area contributed by atoms with Crippen molar-refractivity contribution in [3.05, 3.63) is 63.2 Å². The fraction of sp³-hybridized carbons (Fsp3) is 0.222. The molecule has 0 aromatic heterocycles. The van der Waals surface area contributed by atoms with E-state index in [1.54, 1.807) is 12.1 Å². The van der Waals surface area contributed by atoms with E-state index in [-0.39, 0.29) is 12.5 Å². The topological polar surface area (TPSA) is 55.4 Å². The van der Waals surface area contributed by atoms with Crippen molar-refractivity contribution in [3.63, 3.8) is 0 Å². The highest BCUT2D eigenvalue weighted by atomic mass is 127. The van der Waals surface area contributed by atoms with Gasteiger partial charge in [-0.25, -0.2) is 4.79 Å². The van der Waals surface area contributed by atoms with Gasteiger partial charge in [-0.05, 0) is 70.5 Å². The van der Waals surface area contributed by atoms with Gasteiger partial charge in [0.15, 0.2) is 6.61 Å². The van der Waals surface area contributed by atoms with Crippen LogP contribution in [0.3, 0.4) is 0 Å². The first-order chi connectivity index (χ1) is 11.0. The number of carbonyl (C=O) groups excluding carboxylic acids is 2. The summed E-state index contributed by atoms with van der Waals surface area (Å²) in [4.78, 5) is 23.7. The molecule has 0 fully saturated rings. The van der Waals surface area contributed by atoms with Crippen LogP contribution in [0.5, 0.6) is 0 Å². The van der Waals surface area contributed by atoms with E-state index in [0.717, 1.165) is 3.57 Å². The van der Waals surface area contributed by atoms with E-state index in [4.69, 9.17) is 4.74 Å². The molecule has 0 aliphatic rings. The second-order valence-corrected chi connectivity index (χ2v) is 6.65. The van der Waals surface area contributed by atoms with Crippen molar-refractivity contribution < 1.29 is 14.3 Å². The Morgan fingerprint density at radius 1 is 1.04 bits per heavy atom. The molecule has 0 saturated carbocycles. The molecule has 0 heterocycles. The van der Waals surface area contributed by atoms with Gasteiger partial charge in [0.25, 0.3) is 5.91 Å². The molecule has 0 atom stereocenters. The highest BCUT2D eigenvalue weighted by Crippen LogP contribution is 2.17. The summed E-state index contributed by atoms with van der Waals surface area (Å²) in [5.41, 5.74) is 2.32. The van der Waals surface area contributed by atoms with Gasteiger partial charge in [-0.1, -0.05) is 26.0 Å². The Bertz CT molecular complexity index is 678. The smallest absolute Gasteiger partial charge is 0.338 e. The summed E-state index contributed by atoms with van der Waals surface area (Å²) in [5.74, 6) is -0.428. The van der Waals surface area contributed by atoms with E-state index in [1.807, 2.05) is 36.4 Å². The minimum Gasteiger partial charge on any atom is -0.452 e. The number of esters is 1. The molecule has 5 heteroatoms. The molecular weight excluding hydrogens is 405 g/mol. The third-order valence-electron chi connectivity index (χ3n) is 3.28. The van der Waals surface area contributed by atoms with Gasteiger partial charge in [-0.3, -0.25) is 4.79 Å². The van der Waals surface area contributed by atoms with Crippen molar-refractivity contribution in [2.45, 2.75) is 19.8 Å². The zero-order valence-corrected chi connectivity index (χ0v) is 15.2. The second-order valence-electron chi connectivity index (χ2n) is 5.41. The van der Waals surface area contributed by atoms with Crippen LogP contribution in [0.15, 0.2) is 48.5 Å². The van der Waals surface area contributed by atoms with Crippen LogP contribution in [-0.4, -0.2) is 18.5 Å². The monoisotopic (exact) mass is 423 g/mol. The van der Waals surface area contributed by atoms with E-state index in [1.165, 1.54) is 5.56 Å². The molecule has 0 spiro atoms. The number of carbonyl (C=O) groups is 2. The van der Waals surface area contributed by atoms with Crippen LogP contribution in [0, 0.1) is 3.57 Å². The van der Waals surface area contributed by atoms with E-state index >= 15 is 0 Å². The average Bonchev–Trinajstić information content (AvgIpc) is 2.54. The van der Waals surface area contributed by atoms with Gasteiger partial charge in [0.2, 0.25) is 0 Å². The molecule has 2 aromatic rings. The number of nitrogens with one attached hydrogen (secondary N) is 1. The van der Waals surface area contributed by atoms with Gasteiger partial charge < -0.3 is 10.1 Å². The fourth-order valence-corrected chi connectivity index (χ4v) is 2.31. The van der Waals surface area contributed by atoms with Crippen molar-refractivity contribution in [3.8, 4) is 0 Å². The first kappa shape index (κ1) is 17.5. The lowest BCUT2D eigenvalue weighted by molar-refractivity contribution is -0.119. The highest BCUT2D eigenvalue weighted by molar-refractivity contribution is 14.1. The van der Waals surface area contributed by atoms with E-state index in [0.29, 0.717) is 17.2 Å². The van der Waals surface area contributed by atoms with Gasteiger partial charge in [0, 0.05) is 9.26 Å². The molecule has 0 unspecified atom stereocenters. The maximum Gasteiger partial charge on any atom is 0.338 e. The van der Waals surface area contributed by atoms with Crippen LogP contribution < -0.4 is 5.32 Å². The SMILES string of the molecule is CC(C)c1ccc(NC(=O)COC(=O)c2ccc(I)cc2)cc1. The Kier molecular flexibility index (Phi) is 6.15. The summed E-state index contributed by atoms with van der Waals surface area (Å²) < 4.78 is 6.04. The van der Waals surface area contributed by atoms with Crippen LogP contribution in [-0.2, 0) is 9.53 Å². The van der Waals surface area contributed by atoms with Crippen LogP contribution in [0.2, 0.25) is 0 Å². The Balaban J connectivity index is 1.85. The molecule has 2 rings (SSSR count). The van der Waals surface area contributed by atoms with E-state index in [9.17, 15) is 9.59 Å². The van der Waals surface area contributed by atoms with Crippen LogP contribution in [0.4, 0.5) is 5.69 Å². The summed E-state index contributed by atoms with van der Waals surface area (Å²) in [6.07, 6.45) is 0. The number of halogens is 1. The van der Waals surface area contributed by atoms with Gasteiger partial charge in [-0.2, -0.15) is 0 Å². The van der Waals surface area contributed by atoms with Crippen LogP contribution in [0.25, 0.3) is 0 Å². The molecule has 0 radical (unpaired) electrons. The Morgan fingerprint density at radius 3 is 2.22 bits per heavy atom. The quantitative estimate of drug-likeness (QED) is 0.579. The maximum atomic E-state index is 11.8. The lowest BCUT2D eigenvalue weighted by Crippen LogP contribution is -2.20. The first-order valence-electron chi connectivity index (χ1n) is 7.28. The van der Waals surface area contributed by atoms with Gasteiger partial charge >= 0.3 is 5.97 Å². The van der Waals surface area contributed by atoms with Crippen molar-refractivity contribution in [2.75, 3.05) is 11.9 Å². The zero-order chi connectivity index (χ0) is 16.8. The maximum absolute atomic E-state index is 11.8. The molecule has 4 nitrogen and oxygen atoms in total. The third-order valence-corrected chi connectivity index (χ3v) is 3.99.